The first-order valence-electron chi connectivity index (χ1n) is 7.61. The smallest absolute Gasteiger partial charge is 0.407 e. The number of carbonyl (C=O) groups excluding carboxylic acids is 1. The van der Waals surface area contributed by atoms with Crippen LogP contribution in [0, 0.1) is 0 Å². The summed E-state index contributed by atoms with van der Waals surface area (Å²) >= 11 is 3.43. The number of fused-ring (bicyclic) bond motifs is 1. The monoisotopic (exact) mass is 381 g/mol. The number of hydrogen-bond donors (Lipinski definition) is 1. The van der Waals surface area contributed by atoms with E-state index < -0.39 is 5.60 Å². The van der Waals surface area contributed by atoms with Gasteiger partial charge in [-0.2, -0.15) is 4.98 Å². The molecule has 1 atom stereocenters. The first-order chi connectivity index (χ1) is 10.8. The van der Waals surface area contributed by atoms with Gasteiger partial charge in [-0.1, -0.05) is 15.9 Å². The lowest BCUT2D eigenvalue weighted by molar-refractivity contribution is 0.0509. The first kappa shape index (κ1) is 16.1. The Bertz CT molecular complexity index is 723. The molecule has 1 fully saturated rings. The summed E-state index contributed by atoms with van der Waals surface area (Å²) in [4.78, 5) is 18.4. The van der Waals surface area contributed by atoms with Crippen LogP contribution in [0.1, 0.15) is 27.2 Å². The van der Waals surface area contributed by atoms with Crippen molar-refractivity contribution in [3.63, 3.8) is 0 Å². The number of benzene rings is 1. The number of aromatic nitrogens is 1. The van der Waals surface area contributed by atoms with E-state index in [0.29, 0.717) is 12.6 Å². The van der Waals surface area contributed by atoms with Crippen molar-refractivity contribution >= 4 is 39.1 Å². The molecule has 0 bridgehead atoms. The average Bonchev–Trinajstić information content (AvgIpc) is 3.01. The van der Waals surface area contributed by atoms with Crippen LogP contribution in [0.4, 0.5) is 10.8 Å². The zero-order valence-electron chi connectivity index (χ0n) is 13.4. The molecular weight excluding hydrogens is 362 g/mol. The van der Waals surface area contributed by atoms with Gasteiger partial charge in [0.25, 0.3) is 6.01 Å². The van der Waals surface area contributed by atoms with E-state index in [-0.39, 0.29) is 12.1 Å². The van der Waals surface area contributed by atoms with E-state index >= 15 is 0 Å². The molecule has 1 amide bonds. The van der Waals surface area contributed by atoms with Gasteiger partial charge in [0.15, 0.2) is 5.58 Å². The second kappa shape index (κ2) is 6.03. The summed E-state index contributed by atoms with van der Waals surface area (Å²) in [5, 5.41) is 2.90. The van der Waals surface area contributed by atoms with Crippen molar-refractivity contribution in [2.24, 2.45) is 0 Å². The minimum Gasteiger partial charge on any atom is -0.444 e. The standard InChI is InChI=1S/C16H20BrN3O3/c1-16(2,3)23-15(21)18-11-6-7-20(9-11)14-19-12-8-10(17)4-5-13(12)22-14/h4-5,8,11H,6-7,9H2,1-3H3,(H,18,21)/t11-/m1/s1. The summed E-state index contributed by atoms with van der Waals surface area (Å²) in [6.45, 7) is 7.00. The van der Waals surface area contributed by atoms with Crippen LogP contribution in [0.3, 0.4) is 0 Å². The highest BCUT2D eigenvalue weighted by Gasteiger charge is 2.28. The van der Waals surface area contributed by atoms with E-state index in [1.54, 1.807) is 0 Å². The summed E-state index contributed by atoms with van der Waals surface area (Å²) < 4.78 is 12.0. The normalized spacial score (nSPS) is 18.4. The number of nitrogens with one attached hydrogen (secondary N) is 1. The molecule has 2 aromatic rings. The molecule has 0 aliphatic carbocycles. The number of alkyl carbamates (subject to hydrolysis) is 1. The fraction of sp³-hybridized carbons (Fsp3) is 0.500. The predicted molar refractivity (Wildman–Crippen MR) is 91.7 cm³/mol. The third-order valence-corrected chi connectivity index (χ3v) is 4.01. The molecule has 1 aromatic heterocycles. The molecule has 0 unspecified atom stereocenters. The SMILES string of the molecule is CC(C)(C)OC(=O)N[C@@H]1CCN(c2nc3cc(Br)ccc3o2)C1. The molecule has 1 saturated heterocycles. The van der Waals surface area contributed by atoms with Gasteiger partial charge in [-0.25, -0.2) is 4.79 Å². The highest BCUT2D eigenvalue weighted by molar-refractivity contribution is 9.10. The molecule has 23 heavy (non-hydrogen) atoms. The maximum atomic E-state index is 11.8. The Kier molecular flexibility index (Phi) is 4.23. The average molecular weight is 382 g/mol. The van der Waals surface area contributed by atoms with Gasteiger partial charge >= 0.3 is 6.09 Å². The Morgan fingerprint density at radius 3 is 3.00 bits per heavy atom. The Hall–Kier alpha value is -1.76. The number of nitrogens with zero attached hydrogens (tertiary/aromatic N) is 2. The number of ether oxygens (including phenoxy) is 1. The topological polar surface area (TPSA) is 67.6 Å². The number of carbonyl (C=O) groups is 1. The lowest BCUT2D eigenvalue weighted by Gasteiger charge is -2.21. The molecule has 0 spiro atoms. The second-order valence-corrected chi connectivity index (χ2v) is 7.60. The summed E-state index contributed by atoms with van der Waals surface area (Å²) in [7, 11) is 0. The van der Waals surface area contributed by atoms with E-state index in [1.807, 2.05) is 43.9 Å². The van der Waals surface area contributed by atoms with Crippen LogP contribution in [0.2, 0.25) is 0 Å². The van der Waals surface area contributed by atoms with E-state index in [4.69, 9.17) is 9.15 Å². The molecule has 1 aromatic carbocycles. The van der Waals surface area contributed by atoms with Crippen molar-refractivity contribution in [2.45, 2.75) is 38.8 Å². The Labute approximate surface area is 143 Å². The molecule has 1 N–H and O–H groups in total. The lowest BCUT2D eigenvalue weighted by atomic mass is 10.2. The number of rotatable bonds is 2. The molecular formula is C16H20BrN3O3. The summed E-state index contributed by atoms with van der Waals surface area (Å²) in [5.41, 5.74) is 1.08. The zero-order chi connectivity index (χ0) is 16.6. The summed E-state index contributed by atoms with van der Waals surface area (Å²) in [6, 6.07) is 6.36. The van der Waals surface area contributed by atoms with Gasteiger partial charge < -0.3 is 19.4 Å². The van der Waals surface area contributed by atoms with E-state index in [9.17, 15) is 4.79 Å². The first-order valence-corrected chi connectivity index (χ1v) is 8.40. The molecule has 2 heterocycles. The maximum Gasteiger partial charge on any atom is 0.407 e. The van der Waals surface area contributed by atoms with Gasteiger partial charge in [-0.15, -0.1) is 0 Å². The van der Waals surface area contributed by atoms with E-state index in [0.717, 1.165) is 28.5 Å². The van der Waals surface area contributed by atoms with Crippen molar-refractivity contribution in [3.8, 4) is 0 Å². The summed E-state index contributed by atoms with van der Waals surface area (Å²) in [5.74, 6) is 0. The van der Waals surface area contributed by atoms with E-state index in [2.05, 4.69) is 26.2 Å². The van der Waals surface area contributed by atoms with Gasteiger partial charge in [0.05, 0.1) is 6.04 Å². The molecule has 7 heteroatoms. The predicted octanol–water partition coefficient (Wildman–Crippen LogP) is 3.69. The van der Waals surface area contributed by atoms with Crippen LogP contribution in [0.25, 0.3) is 11.1 Å². The van der Waals surface area contributed by atoms with Crippen molar-refractivity contribution < 1.29 is 13.9 Å². The molecule has 6 nitrogen and oxygen atoms in total. The van der Waals surface area contributed by atoms with Gasteiger partial charge in [-0.3, -0.25) is 0 Å². The third kappa shape index (κ3) is 3.96. The van der Waals surface area contributed by atoms with Crippen LogP contribution >= 0.6 is 15.9 Å². The van der Waals surface area contributed by atoms with Gasteiger partial charge in [-0.05, 0) is 45.4 Å². The zero-order valence-corrected chi connectivity index (χ0v) is 15.0. The highest BCUT2D eigenvalue weighted by atomic mass is 79.9. The highest BCUT2D eigenvalue weighted by Crippen LogP contribution is 2.27. The Morgan fingerprint density at radius 2 is 2.26 bits per heavy atom. The Balaban J connectivity index is 1.63. The fourth-order valence-corrected chi connectivity index (χ4v) is 2.90. The van der Waals surface area contributed by atoms with Gasteiger partial charge in [0.1, 0.15) is 11.1 Å². The Morgan fingerprint density at radius 1 is 1.48 bits per heavy atom. The number of oxazole rings is 1. The molecule has 3 rings (SSSR count). The van der Waals surface area contributed by atoms with Crippen molar-refractivity contribution in [3.05, 3.63) is 22.7 Å². The second-order valence-electron chi connectivity index (χ2n) is 6.69. The molecule has 0 radical (unpaired) electrons. The third-order valence-electron chi connectivity index (χ3n) is 3.52. The number of halogens is 1. The van der Waals surface area contributed by atoms with Crippen LogP contribution < -0.4 is 10.2 Å². The number of anilines is 1. The largest absolute Gasteiger partial charge is 0.444 e. The van der Waals surface area contributed by atoms with Crippen LogP contribution in [-0.4, -0.2) is 35.8 Å². The quantitative estimate of drug-likeness (QED) is 0.858. The minimum absolute atomic E-state index is 0.0339. The number of hydrogen-bond acceptors (Lipinski definition) is 5. The van der Waals surface area contributed by atoms with E-state index in [1.165, 1.54) is 0 Å². The van der Waals surface area contributed by atoms with Gasteiger partial charge in [0, 0.05) is 17.6 Å². The maximum absolute atomic E-state index is 11.8. The molecule has 124 valence electrons. The molecule has 0 saturated carbocycles. The van der Waals surface area contributed by atoms with Crippen LogP contribution in [0.5, 0.6) is 0 Å². The van der Waals surface area contributed by atoms with Crippen LogP contribution in [0.15, 0.2) is 27.1 Å². The summed E-state index contributed by atoms with van der Waals surface area (Å²) in [6.07, 6.45) is 0.452. The van der Waals surface area contributed by atoms with Gasteiger partial charge in [0.2, 0.25) is 0 Å². The molecule has 1 aliphatic heterocycles. The van der Waals surface area contributed by atoms with Crippen LogP contribution in [-0.2, 0) is 4.74 Å². The van der Waals surface area contributed by atoms with Crippen molar-refractivity contribution in [2.75, 3.05) is 18.0 Å². The minimum atomic E-state index is -0.490. The van der Waals surface area contributed by atoms with Crippen molar-refractivity contribution in [1.82, 2.24) is 10.3 Å². The number of amides is 1. The lowest BCUT2D eigenvalue weighted by Crippen LogP contribution is -2.40. The fourth-order valence-electron chi connectivity index (χ4n) is 2.55. The van der Waals surface area contributed by atoms with Crippen molar-refractivity contribution in [1.29, 1.82) is 0 Å². The molecule has 1 aliphatic rings.